The van der Waals surface area contributed by atoms with E-state index in [-0.39, 0.29) is 11.5 Å². The SMILES string of the molecule is COC(=O)c1ccc(-c2ccc(CBr)cc2F)cn1. The number of alkyl halides is 1. The number of halogens is 2. The predicted octanol–water partition coefficient (Wildman–Crippen LogP) is 3.57. The minimum Gasteiger partial charge on any atom is -0.464 e. The van der Waals surface area contributed by atoms with Crippen molar-refractivity contribution in [3.63, 3.8) is 0 Å². The maximum Gasteiger partial charge on any atom is 0.356 e. The normalized spacial score (nSPS) is 10.3. The van der Waals surface area contributed by atoms with Gasteiger partial charge in [-0.25, -0.2) is 14.2 Å². The van der Waals surface area contributed by atoms with Crippen LogP contribution in [0.5, 0.6) is 0 Å². The predicted molar refractivity (Wildman–Crippen MR) is 73.6 cm³/mol. The molecule has 0 spiro atoms. The van der Waals surface area contributed by atoms with Gasteiger partial charge in [-0.15, -0.1) is 0 Å². The van der Waals surface area contributed by atoms with Gasteiger partial charge >= 0.3 is 5.97 Å². The molecule has 0 unspecified atom stereocenters. The van der Waals surface area contributed by atoms with E-state index in [1.165, 1.54) is 25.4 Å². The molecule has 0 amide bonds. The van der Waals surface area contributed by atoms with Crippen LogP contribution < -0.4 is 0 Å². The molecule has 19 heavy (non-hydrogen) atoms. The number of benzene rings is 1. The second kappa shape index (κ2) is 5.93. The van der Waals surface area contributed by atoms with Crippen molar-refractivity contribution in [2.45, 2.75) is 5.33 Å². The van der Waals surface area contributed by atoms with Gasteiger partial charge < -0.3 is 4.74 Å². The van der Waals surface area contributed by atoms with Crippen LogP contribution in [0.4, 0.5) is 4.39 Å². The summed E-state index contributed by atoms with van der Waals surface area (Å²) in [4.78, 5) is 15.2. The van der Waals surface area contributed by atoms with Crippen molar-refractivity contribution in [2.75, 3.05) is 7.11 Å². The van der Waals surface area contributed by atoms with Gasteiger partial charge in [0.1, 0.15) is 11.5 Å². The first-order chi connectivity index (χ1) is 9.15. The van der Waals surface area contributed by atoms with Crippen molar-refractivity contribution in [3.05, 3.63) is 53.6 Å². The maximum absolute atomic E-state index is 13.9. The second-order valence-corrected chi connectivity index (χ2v) is 4.43. The third kappa shape index (κ3) is 2.98. The Morgan fingerprint density at radius 2 is 2.16 bits per heavy atom. The molecule has 0 atom stereocenters. The minimum absolute atomic E-state index is 0.198. The molecule has 5 heteroatoms. The fourth-order valence-corrected chi connectivity index (χ4v) is 2.00. The third-order valence-electron chi connectivity index (χ3n) is 2.66. The summed E-state index contributed by atoms with van der Waals surface area (Å²) >= 11 is 3.28. The summed E-state index contributed by atoms with van der Waals surface area (Å²) in [5.41, 5.74) is 2.13. The summed E-state index contributed by atoms with van der Waals surface area (Å²) in [7, 11) is 1.29. The summed E-state index contributed by atoms with van der Waals surface area (Å²) in [5.74, 6) is -0.828. The van der Waals surface area contributed by atoms with Crippen molar-refractivity contribution < 1.29 is 13.9 Å². The number of carbonyl (C=O) groups is 1. The molecule has 0 N–H and O–H groups in total. The van der Waals surface area contributed by atoms with Gasteiger partial charge in [0.25, 0.3) is 0 Å². The number of hydrogen-bond acceptors (Lipinski definition) is 3. The van der Waals surface area contributed by atoms with Gasteiger partial charge in [0.05, 0.1) is 7.11 Å². The average Bonchev–Trinajstić information content (AvgIpc) is 2.46. The van der Waals surface area contributed by atoms with E-state index in [0.29, 0.717) is 16.5 Å². The maximum atomic E-state index is 13.9. The summed E-state index contributed by atoms with van der Waals surface area (Å²) in [6, 6.07) is 8.16. The fourth-order valence-electron chi connectivity index (χ4n) is 1.65. The van der Waals surface area contributed by atoms with Crippen LogP contribution in [-0.4, -0.2) is 18.1 Å². The van der Waals surface area contributed by atoms with Crippen molar-refractivity contribution in [2.24, 2.45) is 0 Å². The molecule has 0 saturated carbocycles. The molecule has 0 saturated heterocycles. The number of pyridine rings is 1. The lowest BCUT2D eigenvalue weighted by atomic mass is 10.0. The highest BCUT2D eigenvalue weighted by molar-refractivity contribution is 9.08. The summed E-state index contributed by atoms with van der Waals surface area (Å²) in [6.45, 7) is 0. The Kier molecular flexibility index (Phi) is 4.27. The molecule has 3 nitrogen and oxygen atoms in total. The summed E-state index contributed by atoms with van der Waals surface area (Å²) in [6.07, 6.45) is 1.46. The van der Waals surface area contributed by atoms with E-state index < -0.39 is 5.97 Å². The summed E-state index contributed by atoms with van der Waals surface area (Å²) < 4.78 is 18.5. The van der Waals surface area contributed by atoms with Gasteiger partial charge in [-0.2, -0.15) is 0 Å². The number of rotatable bonds is 3. The van der Waals surface area contributed by atoms with Crippen LogP contribution in [0.15, 0.2) is 36.5 Å². The molecule has 1 aromatic heterocycles. The van der Waals surface area contributed by atoms with Crippen LogP contribution in [0.3, 0.4) is 0 Å². The monoisotopic (exact) mass is 323 g/mol. The van der Waals surface area contributed by atoms with Crippen molar-refractivity contribution in [1.82, 2.24) is 4.98 Å². The minimum atomic E-state index is -0.512. The number of carbonyl (C=O) groups excluding carboxylic acids is 1. The lowest BCUT2D eigenvalue weighted by Crippen LogP contribution is -2.03. The van der Waals surface area contributed by atoms with Crippen LogP contribution in [0.1, 0.15) is 16.1 Å². The average molecular weight is 324 g/mol. The number of methoxy groups -OCH3 is 1. The Morgan fingerprint density at radius 1 is 1.37 bits per heavy atom. The molecular weight excluding hydrogens is 313 g/mol. The van der Waals surface area contributed by atoms with Crippen LogP contribution in [0, 0.1) is 5.82 Å². The first-order valence-corrected chi connectivity index (χ1v) is 6.67. The largest absolute Gasteiger partial charge is 0.464 e. The van der Waals surface area contributed by atoms with Crippen molar-refractivity contribution >= 4 is 21.9 Å². The van der Waals surface area contributed by atoms with Crippen LogP contribution >= 0.6 is 15.9 Å². The highest BCUT2D eigenvalue weighted by atomic mass is 79.9. The van der Waals surface area contributed by atoms with Crippen molar-refractivity contribution in [1.29, 1.82) is 0 Å². The smallest absolute Gasteiger partial charge is 0.356 e. The molecule has 0 bridgehead atoms. The molecular formula is C14H11BrFNO2. The molecule has 98 valence electrons. The Morgan fingerprint density at radius 3 is 2.68 bits per heavy atom. The van der Waals surface area contributed by atoms with Gasteiger partial charge in [-0.05, 0) is 17.7 Å². The number of esters is 1. The van der Waals surface area contributed by atoms with E-state index >= 15 is 0 Å². The van der Waals surface area contributed by atoms with Gasteiger partial charge in [-0.3, -0.25) is 0 Å². The molecule has 2 aromatic rings. The molecule has 0 fully saturated rings. The Balaban J connectivity index is 2.34. The number of nitrogens with zero attached hydrogens (tertiary/aromatic N) is 1. The zero-order chi connectivity index (χ0) is 13.8. The second-order valence-electron chi connectivity index (χ2n) is 3.87. The Labute approximate surface area is 118 Å². The third-order valence-corrected chi connectivity index (χ3v) is 3.30. The zero-order valence-corrected chi connectivity index (χ0v) is 11.8. The topological polar surface area (TPSA) is 39.2 Å². The highest BCUT2D eigenvalue weighted by Crippen LogP contribution is 2.24. The first kappa shape index (κ1) is 13.7. The van der Waals surface area contributed by atoms with Crippen LogP contribution in [0.2, 0.25) is 0 Å². The fraction of sp³-hybridized carbons (Fsp3) is 0.143. The number of aromatic nitrogens is 1. The Bertz CT molecular complexity index is 599. The number of ether oxygens (including phenoxy) is 1. The standard InChI is InChI=1S/C14H11BrFNO2/c1-19-14(18)13-5-3-10(8-17-13)11-4-2-9(7-15)6-12(11)16/h2-6,8H,7H2,1H3. The molecule has 0 aliphatic carbocycles. The zero-order valence-electron chi connectivity index (χ0n) is 10.2. The van der Waals surface area contributed by atoms with E-state index in [0.717, 1.165) is 5.56 Å². The van der Waals surface area contributed by atoms with Gasteiger partial charge in [0.2, 0.25) is 0 Å². The molecule has 0 aliphatic rings. The van der Waals surface area contributed by atoms with Crippen LogP contribution in [0.25, 0.3) is 11.1 Å². The highest BCUT2D eigenvalue weighted by Gasteiger charge is 2.09. The van der Waals surface area contributed by atoms with E-state index in [2.05, 4.69) is 25.7 Å². The molecule has 0 aliphatic heterocycles. The molecule has 2 rings (SSSR count). The molecule has 1 aromatic carbocycles. The van der Waals surface area contributed by atoms with Gasteiger partial charge in [0, 0.05) is 22.7 Å². The molecule has 0 radical (unpaired) electrons. The van der Waals surface area contributed by atoms with E-state index in [1.807, 2.05) is 6.07 Å². The summed E-state index contributed by atoms with van der Waals surface area (Å²) in [5, 5.41) is 0.601. The number of hydrogen-bond donors (Lipinski definition) is 0. The van der Waals surface area contributed by atoms with Gasteiger partial charge in [0.15, 0.2) is 0 Å². The van der Waals surface area contributed by atoms with E-state index in [1.54, 1.807) is 12.1 Å². The lowest BCUT2D eigenvalue weighted by Gasteiger charge is -2.05. The van der Waals surface area contributed by atoms with E-state index in [9.17, 15) is 9.18 Å². The Hall–Kier alpha value is -1.75. The quantitative estimate of drug-likeness (QED) is 0.640. The van der Waals surface area contributed by atoms with Gasteiger partial charge in [-0.1, -0.05) is 34.1 Å². The van der Waals surface area contributed by atoms with E-state index in [4.69, 9.17) is 0 Å². The first-order valence-electron chi connectivity index (χ1n) is 5.55. The van der Waals surface area contributed by atoms with Crippen molar-refractivity contribution in [3.8, 4) is 11.1 Å². The van der Waals surface area contributed by atoms with Crippen LogP contribution in [-0.2, 0) is 10.1 Å². The molecule has 1 heterocycles. The lowest BCUT2D eigenvalue weighted by molar-refractivity contribution is 0.0594.